The molecule has 3 rings (SSSR count). The van der Waals surface area contributed by atoms with E-state index in [0.717, 1.165) is 22.4 Å². The highest BCUT2D eigenvalue weighted by Gasteiger charge is 2.06. The van der Waals surface area contributed by atoms with Gasteiger partial charge in [-0.05, 0) is 31.2 Å². The Labute approximate surface area is 123 Å². The SMILES string of the molecule is Cc1ccc(C(=O)NCCc2nc3ccccc3[nH]2)cc1. The number of aryl methyl sites for hydroxylation is 1. The number of hydrogen-bond donors (Lipinski definition) is 2. The average molecular weight is 279 g/mol. The van der Waals surface area contributed by atoms with Crippen molar-refractivity contribution in [3.8, 4) is 0 Å². The fourth-order valence-corrected chi connectivity index (χ4v) is 2.23. The van der Waals surface area contributed by atoms with Crippen molar-refractivity contribution < 1.29 is 4.79 Å². The summed E-state index contributed by atoms with van der Waals surface area (Å²) in [6.45, 7) is 2.57. The number of fused-ring (bicyclic) bond motifs is 1. The minimum Gasteiger partial charge on any atom is -0.352 e. The van der Waals surface area contributed by atoms with Crippen LogP contribution in [0.4, 0.5) is 0 Å². The zero-order chi connectivity index (χ0) is 14.7. The summed E-state index contributed by atoms with van der Waals surface area (Å²) in [5, 5.41) is 2.91. The lowest BCUT2D eigenvalue weighted by Crippen LogP contribution is -2.25. The molecular weight excluding hydrogens is 262 g/mol. The van der Waals surface area contributed by atoms with Crippen LogP contribution in [0.5, 0.6) is 0 Å². The number of carbonyl (C=O) groups excluding carboxylic acids is 1. The molecule has 0 unspecified atom stereocenters. The first-order valence-corrected chi connectivity index (χ1v) is 7.01. The number of H-pyrrole nitrogens is 1. The molecule has 21 heavy (non-hydrogen) atoms. The van der Waals surface area contributed by atoms with Gasteiger partial charge in [0.25, 0.3) is 5.91 Å². The van der Waals surface area contributed by atoms with Crippen LogP contribution in [0.2, 0.25) is 0 Å². The van der Waals surface area contributed by atoms with Gasteiger partial charge in [0.1, 0.15) is 5.82 Å². The van der Waals surface area contributed by atoms with Gasteiger partial charge in [-0.2, -0.15) is 0 Å². The van der Waals surface area contributed by atoms with Crippen LogP contribution in [0.15, 0.2) is 48.5 Å². The Morgan fingerprint density at radius 3 is 2.67 bits per heavy atom. The number of benzene rings is 2. The van der Waals surface area contributed by atoms with Gasteiger partial charge in [0, 0.05) is 18.5 Å². The van der Waals surface area contributed by atoms with Gasteiger partial charge >= 0.3 is 0 Å². The number of imidazole rings is 1. The Kier molecular flexibility index (Phi) is 3.69. The van der Waals surface area contributed by atoms with Gasteiger partial charge in [-0.1, -0.05) is 29.8 Å². The molecule has 106 valence electrons. The van der Waals surface area contributed by atoms with Gasteiger partial charge in [-0.15, -0.1) is 0 Å². The highest BCUT2D eigenvalue weighted by molar-refractivity contribution is 5.94. The molecule has 2 aromatic carbocycles. The van der Waals surface area contributed by atoms with E-state index in [9.17, 15) is 4.79 Å². The van der Waals surface area contributed by atoms with Crippen molar-refractivity contribution in [2.45, 2.75) is 13.3 Å². The zero-order valence-corrected chi connectivity index (χ0v) is 11.9. The van der Waals surface area contributed by atoms with E-state index in [1.807, 2.05) is 55.5 Å². The molecule has 1 heterocycles. The monoisotopic (exact) mass is 279 g/mol. The molecular formula is C17H17N3O. The summed E-state index contributed by atoms with van der Waals surface area (Å²) in [5.41, 5.74) is 3.81. The largest absolute Gasteiger partial charge is 0.352 e. The zero-order valence-electron chi connectivity index (χ0n) is 11.9. The Morgan fingerprint density at radius 1 is 1.14 bits per heavy atom. The molecule has 0 aliphatic carbocycles. The number of nitrogens with one attached hydrogen (secondary N) is 2. The first-order chi connectivity index (χ1) is 10.2. The highest BCUT2D eigenvalue weighted by Crippen LogP contribution is 2.10. The van der Waals surface area contributed by atoms with Crippen LogP contribution < -0.4 is 5.32 Å². The summed E-state index contributed by atoms with van der Waals surface area (Å²) in [6, 6.07) is 15.5. The summed E-state index contributed by atoms with van der Waals surface area (Å²) in [5.74, 6) is 0.839. The Morgan fingerprint density at radius 2 is 1.90 bits per heavy atom. The van der Waals surface area contributed by atoms with E-state index in [-0.39, 0.29) is 5.91 Å². The van der Waals surface area contributed by atoms with Crippen molar-refractivity contribution >= 4 is 16.9 Å². The van der Waals surface area contributed by atoms with Crippen LogP contribution in [0.25, 0.3) is 11.0 Å². The Balaban J connectivity index is 1.58. The molecule has 0 radical (unpaired) electrons. The summed E-state index contributed by atoms with van der Waals surface area (Å²) in [6.07, 6.45) is 0.687. The standard InChI is InChI=1S/C17H17N3O/c1-12-6-8-13(9-7-12)17(21)18-11-10-16-19-14-4-2-3-5-15(14)20-16/h2-9H,10-11H2,1H3,(H,18,21)(H,19,20). The fourth-order valence-electron chi connectivity index (χ4n) is 2.23. The third-order valence-corrected chi connectivity index (χ3v) is 3.40. The molecule has 0 aliphatic heterocycles. The summed E-state index contributed by atoms with van der Waals surface area (Å²) in [7, 11) is 0. The van der Waals surface area contributed by atoms with Crippen LogP contribution in [0.3, 0.4) is 0 Å². The maximum absolute atomic E-state index is 12.0. The molecule has 0 aliphatic rings. The van der Waals surface area contributed by atoms with Crippen molar-refractivity contribution in [2.24, 2.45) is 0 Å². The van der Waals surface area contributed by atoms with Crippen LogP contribution in [0, 0.1) is 6.92 Å². The normalized spacial score (nSPS) is 10.7. The maximum Gasteiger partial charge on any atom is 0.251 e. The number of hydrogen-bond acceptors (Lipinski definition) is 2. The van der Waals surface area contributed by atoms with Crippen LogP contribution >= 0.6 is 0 Å². The number of amides is 1. The number of nitrogens with zero attached hydrogens (tertiary/aromatic N) is 1. The van der Waals surface area contributed by atoms with E-state index in [0.29, 0.717) is 18.5 Å². The summed E-state index contributed by atoms with van der Waals surface area (Å²) in [4.78, 5) is 19.7. The summed E-state index contributed by atoms with van der Waals surface area (Å²) < 4.78 is 0. The number of aromatic amines is 1. The van der Waals surface area contributed by atoms with Gasteiger partial charge < -0.3 is 10.3 Å². The van der Waals surface area contributed by atoms with E-state index in [1.165, 1.54) is 0 Å². The molecule has 1 aromatic heterocycles. The Bertz CT molecular complexity index is 726. The third-order valence-electron chi connectivity index (χ3n) is 3.40. The lowest BCUT2D eigenvalue weighted by Gasteiger charge is -2.04. The van der Waals surface area contributed by atoms with Crippen LogP contribution in [0.1, 0.15) is 21.7 Å². The Hall–Kier alpha value is -2.62. The van der Waals surface area contributed by atoms with Crippen molar-refractivity contribution in [1.29, 1.82) is 0 Å². The van der Waals surface area contributed by atoms with Crippen molar-refractivity contribution in [3.05, 3.63) is 65.5 Å². The lowest BCUT2D eigenvalue weighted by atomic mass is 10.1. The molecule has 0 saturated carbocycles. The van der Waals surface area contributed by atoms with E-state index < -0.39 is 0 Å². The second-order valence-corrected chi connectivity index (χ2v) is 5.07. The molecule has 3 aromatic rings. The molecule has 0 spiro atoms. The van der Waals surface area contributed by atoms with Gasteiger partial charge in [0.15, 0.2) is 0 Å². The number of carbonyl (C=O) groups is 1. The van der Waals surface area contributed by atoms with E-state index >= 15 is 0 Å². The number of aromatic nitrogens is 2. The van der Waals surface area contributed by atoms with Crippen LogP contribution in [-0.2, 0) is 6.42 Å². The number of rotatable bonds is 4. The van der Waals surface area contributed by atoms with Gasteiger partial charge in [0.2, 0.25) is 0 Å². The second kappa shape index (κ2) is 5.79. The first kappa shape index (κ1) is 13.4. The summed E-state index contributed by atoms with van der Waals surface area (Å²) >= 11 is 0. The molecule has 1 amide bonds. The van der Waals surface area contributed by atoms with E-state index in [4.69, 9.17) is 0 Å². The molecule has 0 saturated heterocycles. The smallest absolute Gasteiger partial charge is 0.251 e. The second-order valence-electron chi connectivity index (χ2n) is 5.07. The molecule has 0 bridgehead atoms. The molecule has 4 nitrogen and oxygen atoms in total. The van der Waals surface area contributed by atoms with E-state index in [1.54, 1.807) is 0 Å². The average Bonchev–Trinajstić information content (AvgIpc) is 2.90. The van der Waals surface area contributed by atoms with Gasteiger partial charge in [-0.25, -0.2) is 4.98 Å². The topological polar surface area (TPSA) is 57.8 Å². The highest BCUT2D eigenvalue weighted by atomic mass is 16.1. The van der Waals surface area contributed by atoms with Gasteiger partial charge in [-0.3, -0.25) is 4.79 Å². The fraction of sp³-hybridized carbons (Fsp3) is 0.176. The molecule has 0 atom stereocenters. The lowest BCUT2D eigenvalue weighted by molar-refractivity contribution is 0.0954. The quantitative estimate of drug-likeness (QED) is 0.771. The maximum atomic E-state index is 12.0. The minimum absolute atomic E-state index is 0.0499. The molecule has 0 fully saturated rings. The van der Waals surface area contributed by atoms with Crippen molar-refractivity contribution in [2.75, 3.05) is 6.54 Å². The predicted molar refractivity (Wildman–Crippen MR) is 83.3 cm³/mol. The molecule has 2 N–H and O–H groups in total. The first-order valence-electron chi connectivity index (χ1n) is 7.01. The molecule has 4 heteroatoms. The minimum atomic E-state index is -0.0499. The van der Waals surface area contributed by atoms with Crippen LogP contribution in [-0.4, -0.2) is 22.4 Å². The van der Waals surface area contributed by atoms with E-state index in [2.05, 4.69) is 15.3 Å². The van der Waals surface area contributed by atoms with Gasteiger partial charge in [0.05, 0.1) is 11.0 Å². The third kappa shape index (κ3) is 3.11. The van der Waals surface area contributed by atoms with Crippen molar-refractivity contribution in [3.63, 3.8) is 0 Å². The number of para-hydroxylation sites is 2. The van der Waals surface area contributed by atoms with Crippen molar-refractivity contribution in [1.82, 2.24) is 15.3 Å². The predicted octanol–water partition coefficient (Wildman–Crippen LogP) is 2.84.